The molecule has 0 aliphatic heterocycles. The summed E-state index contributed by atoms with van der Waals surface area (Å²) < 4.78 is 19.4. The standard InChI is InChI=1S/C14H18O5/c1-3-19-14(15)9-5-4-6-10-17-11-7-8-12-18-13-16-2/h5,9H,3,10-13H2,1-2H3/b9-5+. The SMILES string of the molecule is CCOC(=O)/C=C/C#CCOCC#CCOCOC. The number of carbonyl (C=O) groups excluding carboxylic acids is 1. The highest BCUT2D eigenvalue weighted by atomic mass is 16.7. The van der Waals surface area contributed by atoms with Gasteiger partial charge >= 0.3 is 5.97 Å². The quantitative estimate of drug-likeness (QED) is 0.224. The maximum atomic E-state index is 10.9. The molecule has 0 bridgehead atoms. The zero-order chi connectivity index (χ0) is 14.2. The summed E-state index contributed by atoms with van der Waals surface area (Å²) in [6.07, 6.45) is 2.69. The third-order valence-electron chi connectivity index (χ3n) is 1.54. The molecule has 0 aliphatic carbocycles. The van der Waals surface area contributed by atoms with Crippen LogP contribution in [0.2, 0.25) is 0 Å². The van der Waals surface area contributed by atoms with Crippen molar-refractivity contribution in [3.8, 4) is 23.7 Å². The molecule has 0 amide bonds. The molecular weight excluding hydrogens is 248 g/mol. The van der Waals surface area contributed by atoms with Crippen LogP contribution in [0.3, 0.4) is 0 Å². The second-order valence-corrected chi connectivity index (χ2v) is 3.01. The van der Waals surface area contributed by atoms with Gasteiger partial charge in [0.05, 0.1) is 6.61 Å². The number of allylic oxidation sites excluding steroid dienone is 1. The van der Waals surface area contributed by atoms with E-state index < -0.39 is 5.97 Å². The van der Waals surface area contributed by atoms with Crippen molar-refractivity contribution in [3.63, 3.8) is 0 Å². The number of hydrogen-bond acceptors (Lipinski definition) is 5. The van der Waals surface area contributed by atoms with Crippen molar-refractivity contribution in [2.45, 2.75) is 6.92 Å². The normalized spacial score (nSPS) is 9.37. The van der Waals surface area contributed by atoms with E-state index in [0.717, 1.165) is 0 Å². The zero-order valence-corrected chi connectivity index (χ0v) is 11.2. The summed E-state index contributed by atoms with van der Waals surface area (Å²) in [7, 11) is 1.55. The Balaban J connectivity index is 3.51. The molecule has 0 aromatic rings. The van der Waals surface area contributed by atoms with Gasteiger partial charge in [-0.05, 0) is 13.0 Å². The number of methoxy groups -OCH3 is 1. The minimum atomic E-state index is -0.403. The molecular formula is C14H18O5. The van der Waals surface area contributed by atoms with Crippen LogP contribution in [-0.4, -0.2) is 46.3 Å². The third kappa shape index (κ3) is 14.1. The van der Waals surface area contributed by atoms with Gasteiger partial charge in [-0.15, -0.1) is 0 Å². The topological polar surface area (TPSA) is 54.0 Å². The molecule has 0 aromatic heterocycles. The van der Waals surface area contributed by atoms with E-state index in [4.69, 9.17) is 9.47 Å². The molecule has 5 heteroatoms. The van der Waals surface area contributed by atoms with E-state index in [-0.39, 0.29) is 20.0 Å². The first-order valence-corrected chi connectivity index (χ1v) is 5.73. The number of hydrogen-bond donors (Lipinski definition) is 0. The lowest BCUT2D eigenvalue weighted by molar-refractivity contribution is -0.137. The maximum absolute atomic E-state index is 10.9. The maximum Gasteiger partial charge on any atom is 0.331 e. The Morgan fingerprint density at radius 3 is 2.47 bits per heavy atom. The highest BCUT2D eigenvalue weighted by Crippen LogP contribution is 1.80. The van der Waals surface area contributed by atoms with E-state index in [1.165, 1.54) is 12.2 Å². The zero-order valence-electron chi connectivity index (χ0n) is 11.2. The predicted octanol–water partition coefficient (Wildman–Crippen LogP) is 0.750. The van der Waals surface area contributed by atoms with Crippen LogP contribution in [0.5, 0.6) is 0 Å². The molecule has 19 heavy (non-hydrogen) atoms. The van der Waals surface area contributed by atoms with Gasteiger partial charge in [0, 0.05) is 13.2 Å². The molecule has 0 radical (unpaired) electrons. The molecule has 0 heterocycles. The van der Waals surface area contributed by atoms with Gasteiger partial charge in [0.25, 0.3) is 0 Å². The first-order chi connectivity index (χ1) is 9.31. The van der Waals surface area contributed by atoms with Crippen LogP contribution in [0, 0.1) is 23.7 Å². The van der Waals surface area contributed by atoms with Crippen LogP contribution < -0.4 is 0 Å². The number of carbonyl (C=O) groups is 1. The highest BCUT2D eigenvalue weighted by Gasteiger charge is 1.89. The molecule has 5 nitrogen and oxygen atoms in total. The summed E-state index contributed by atoms with van der Waals surface area (Å²) in [5.41, 5.74) is 0. The smallest absolute Gasteiger partial charge is 0.331 e. The summed E-state index contributed by atoms with van der Waals surface area (Å²) in [5.74, 6) is 10.5. The van der Waals surface area contributed by atoms with Crippen LogP contribution in [0.4, 0.5) is 0 Å². The van der Waals surface area contributed by atoms with Crippen molar-refractivity contribution in [2.75, 3.05) is 40.3 Å². The van der Waals surface area contributed by atoms with Crippen LogP contribution in [-0.2, 0) is 23.7 Å². The molecule has 0 aromatic carbocycles. The molecule has 104 valence electrons. The summed E-state index contributed by atoms with van der Waals surface area (Å²) in [6.45, 7) is 3.17. The lowest BCUT2D eigenvalue weighted by Gasteiger charge is -1.94. The van der Waals surface area contributed by atoms with E-state index in [0.29, 0.717) is 13.2 Å². The second kappa shape index (κ2) is 14.3. The average molecular weight is 266 g/mol. The Morgan fingerprint density at radius 2 is 1.79 bits per heavy atom. The number of ether oxygens (including phenoxy) is 4. The Kier molecular flexibility index (Phi) is 12.9. The monoisotopic (exact) mass is 266 g/mol. The van der Waals surface area contributed by atoms with Gasteiger partial charge in [-0.2, -0.15) is 0 Å². The van der Waals surface area contributed by atoms with E-state index in [1.54, 1.807) is 14.0 Å². The molecule has 0 saturated carbocycles. The van der Waals surface area contributed by atoms with Crippen molar-refractivity contribution in [3.05, 3.63) is 12.2 Å². The molecule has 0 unspecified atom stereocenters. The fraction of sp³-hybridized carbons (Fsp3) is 0.500. The average Bonchev–Trinajstić information content (AvgIpc) is 2.40. The summed E-state index contributed by atoms with van der Waals surface area (Å²) >= 11 is 0. The van der Waals surface area contributed by atoms with E-state index >= 15 is 0 Å². The molecule has 0 spiro atoms. The molecule has 0 atom stereocenters. The molecule has 0 saturated heterocycles. The van der Waals surface area contributed by atoms with Crippen molar-refractivity contribution >= 4 is 5.97 Å². The van der Waals surface area contributed by atoms with Gasteiger partial charge < -0.3 is 18.9 Å². The minimum Gasteiger partial charge on any atom is -0.463 e. The van der Waals surface area contributed by atoms with Crippen LogP contribution in [0.25, 0.3) is 0 Å². The first-order valence-electron chi connectivity index (χ1n) is 5.73. The minimum absolute atomic E-state index is 0.230. The van der Waals surface area contributed by atoms with Crippen LogP contribution in [0.1, 0.15) is 6.92 Å². The fourth-order valence-electron chi connectivity index (χ4n) is 0.832. The fourth-order valence-corrected chi connectivity index (χ4v) is 0.832. The van der Waals surface area contributed by atoms with Crippen molar-refractivity contribution in [2.24, 2.45) is 0 Å². The van der Waals surface area contributed by atoms with E-state index in [2.05, 4.69) is 33.2 Å². The van der Waals surface area contributed by atoms with Gasteiger partial charge in [-0.1, -0.05) is 23.7 Å². The summed E-state index contributed by atoms with van der Waals surface area (Å²) in [6, 6.07) is 0. The molecule has 0 fully saturated rings. The Morgan fingerprint density at radius 1 is 1.11 bits per heavy atom. The van der Waals surface area contributed by atoms with Gasteiger partial charge in [0.15, 0.2) is 0 Å². The van der Waals surface area contributed by atoms with Gasteiger partial charge in [0.2, 0.25) is 0 Å². The molecule has 0 N–H and O–H groups in total. The van der Waals surface area contributed by atoms with Crippen molar-refractivity contribution in [1.82, 2.24) is 0 Å². The molecule has 0 aliphatic rings. The van der Waals surface area contributed by atoms with Crippen molar-refractivity contribution < 1.29 is 23.7 Å². The summed E-state index contributed by atoms with van der Waals surface area (Å²) in [5, 5.41) is 0. The summed E-state index contributed by atoms with van der Waals surface area (Å²) in [4.78, 5) is 10.9. The largest absolute Gasteiger partial charge is 0.463 e. The van der Waals surface area contributed by atoms with E-state index in [9.17, 15) is 4.79 Å². The van der Waals surface area contributed by atoms with Crippen LogP contribution >= 0.6 is 0 Å². The number of rotatable bonds is 7. The first kappa shape index (κ1) is 17.2. The lowest BCUT2D eigenvalue weighted by Crippen LogP contribution is -1.98. The highest BCUT2D eigenvalue weighted by molar-refractivity contribution is 5.82. The third-order valence-corrected chi connectivity index (χ3v) is 1.54. The lowest BCUT2D eigenvalue weighted by atomic mass is 10.5. The van der Waals surface area contributed by atoms with Crippen LogP contribution in [0.15, 0.2) is 12.2 Å². The Hall–Kier alpha value is -1.79. The number of esters is 1. The van der Waals surface area contributed by atoms with Gasteiger partial charge in [-0.3, -0.25) is 0 Å². The Labute approximate surface area is 113 Å². The van der Waals surface area contributed by atoms with Crippen molar-refractivity contribution in [1.29, 1.82) is 0 Å². The predicted molar refractivity (Wildman–Crippen MR) is 70.0 cm³/mol. The van der Waals surface area contributed by atoms with Gasteiger partial charge in [0.1, 0.15) is 26.6 Å². The van der Waals surface area contributed by atoms with Gasteiger partial charge in [-0.25, -0.2) is 4.79 Å². The molecule has 0 rings (SSSR count). The second-order valence-electron chi connectivity index (χ2n) is 3.01. The van der Waals surface area contributed by atoms with E-state index in [1.807, 2.05) is 0 Å². The Bertz CT molecular complexity index is 378.